The highest BCUT2D eigenvalue weighted by Crippen LogP contribution is 1.96. The van der Waals surface area contributed by atoms with Crippen molar-refractivity contribution in [2.45, 2.75) is 33.3 Å². The lowest BCUT2D eigenvalue weighted by atomic mass is 10.3. The van der Waals surface area contributed by atoms with E-state index in [-0.39, 0.29) is 31.6 Å². The molecule has 0 saturated carbocycles. The Balaban J connectivity index is 3.93. The van der Waals surface area contributed by atoms with Crippen LogP contribution in [0.5, 0.6) is 0 Å². The molecule has 0 bridgehead atoms. The number of nitrogens with zero attached hydrogens (tertiary/aromatic N) is 1. The number of ether oxygens (including phenoxy) is 1. The lowest BCUT2D eigenvalue weighted by Crippen LogP contribution is -2.36. The van der Waals surface area contributed by atoms with Gasteiger partial charge >= 0.3 is 5.97 Å². The van der Waals surface area contributed by atoms with Gasteiger partial charge in [0.25, 0.3) is 0 Å². The van der Waals surface area contributed by atoms with E-state index < -0.39 is 5.97 Å². The maximum Gasteiger partial charge on any atom is 0.305 e. The summed E-state index contributed by atoms with van der Waals surface area (Å²) >= 11 is 0. The van der Waals surface area contributed by atoms with Gasteiger partial charge in [-0.2, -0.15) is 0 Å². The number of amides is 1. The maximum absolute atomic E-state index is 11.5. The Morgan fingerprint density at radius 3 is 2.40 bits per heavy atom. The molecule has 0 unspecified atom stereocenters. The molecule has 0 heterocycles. The zero-order chi connectivity index (χ0) is 11.8. The predicted molar refractivity (Wildman–Crippen MR) is 55.6 cm³/mol. The number of likely N-dealkylation sites (N-methyl/N-ethyl adjacent to an activating group) is 1. The van der Waals surface area contributed by atoms with Crippen LogP contribution in [0.3, 0.4) is 0 Å². The molecule has 0 atom stereocenters. The molecule has 0 rings (SSSR count). The Labute approximate surface area is 90.0 Å². The van der Waals surface area contributed by atoms with Crippen LogP contribution in [0, 0.1) is 0 Å². The average molecular weight is 217 g/mol. The van der Waals surface area contributed by atoms with Crippen molar-refractivity contribution in [3.05, 3.63) is 0 Å². The molecule has 0 aliphatic heterocycles. The van der Waals surface area contributed by atoms with E-state index in [1.807, 2.05) is 20.8 Å². The minimum Gasteiger partial charge on any atom is -0.481 e. The molecule has 0 fully saturated rings. The number of aliphatic carboxylic acids is 1. The summed E-state index contributed by atoms with van der Waals surface area (Å²) in [5, 5.41) is 8.49. The molecule has 5 nitrogen and oxygen atoms in total. The lowest BCUT2D eigenvalue weighted by Gasteiger charge is -2.20. The summed E-state index contributed by atoms with van der Waals surface area (Å²) in [6, 6.07) is 0. The summed E-state index contributed by atoms with van der Waals surface area (Å²) in [7, 11) is 0. The first-order valence-electron chi connectivity index (χ1n) is 5.08. The van der Waals surface area contributed by atoms with Gasteiger partial charge in [0.1, 0.15) is 6.61 Å². The largest absolute Gasteiger partial charge is 0.481 e. The summed E-state index contributed by atoms with van der Waals surface area (Å²) in [5.41, 5.74) is 0. The third-order valence-electron chi connectivity index (χ3n) is 1.87. The van der Waals surface area contributed by atoms with Crippen molar-refractivity contribution < 1.29 is 19.4 Å². The van der Waals surface area contributed by atoms with Gasteiger partial charge in [-0.15, -0.1) is 0 Å². The number of rotatable bonds is 7. The number of hydrogen-bond acceptors (Lipinski definition) is 3. The summed E-state index contributed by atoms with van der Waals surface area (Å²) in [6.07, 6.45) is -0.0199. The minimum absolute atomic E-state index is 0.00660. The number of carbonyl (C=O) groups is 2. The number of carboxylic acid groups (broad SMARTS) is 1. The molecule has 1 amide bonds. The Morgan fingerprint density at radius 1 is 1.40 bits per heavy atom. The standard InChI is InChI=1S/C10H19NO4/c1-4-11(6-5-10(13)14)9(12)7-15-8(2)3/h8H,4-7H2,1-3H3,(H,13,14). The molecule has 0 aromatic rings. The zero-order valence-corrected chi connectivity index (χ0v) is 9.52. The van der Waals surface area contributed by atoms with Gasteiger partial charge < -0.3 is 14.7 Å². The molecule has 5 heteroatoms. The van der Waals surface area contributed by atoms with Crippen molar-refractivity contribution in [2.24, 2.45) is 0 Å². The van der Waals surface area contributed by atoms with Crippen LogP contribution in [0.1, 0.15) is 27.2 Å². The van der Waals surface area contributed by atoms with Crippen molar-refractivity contribution in [1.29, 1.82) is 0 Å². The monoisotopic (exact) mass is 217 g/mol. The van der Waals surface area contributed by atoms with Gasteiger partial charge in [0.2, 0.25) is 5.91 Å². The first kappa shape index (κ1) is 13.9. The smallest absolute Gasteiger partial charge is 0.305 e. The van der Waals surface area contributed by atoms with Crippen LogP contribution in [-0.4, -0.2) is 47.7 Å². The molecule has 0 spiro atoms. The van der Waals surface area contributed by atoms with Crippen LogP contribution >= 0.6 is 0 Å². The van der Waals surface area contributed by atoms with Crippen LogP contribution in [0.15, 0.2) is 0 Å². The molecule has 0 aromatic heterocycles. The Bertz CT molecular complexity index is 215. The third-order valence-corrected chi connectivity index (χ3v) is 1.87. The van der Waals surface area contributed by atoms with Gasteiger partial charge in [-0.25, -0.2) is 0 Å². The predicted octanol–water partition coefficient (Wildman–Crippen LogP) is 0.735. The second-order valence-corrected chi connectivity index (χ2v) is 3.48. The van der Waals surface area contributed by atoms with E-state index in [9.17, 15) is 9.59 Å². The van der Waals surface area contributed by atoms with Crippen molar-refractivity contribution in [2.75, 3.05) is 19.7 Å². The van der Waals surface area contributed by atoms with E-state index in [0.717, 1.165) is 0 Å². The van der Waals surface area contributed by atoms with E-state index >= 15 is 0 Å². The van der Waals surface area contributed by atoms with E-state index in [1.54, 1.807) is 0 Å². The Kier molecular flexibility index (Phi) is 6.70. The van der Waals surface area contributed by atoms with E-state index in [4.69, 9.17) is 9.84 Å². The van der Waals surface area contributed by atoms with Gasteiger partial charge in [0, 0.05) is 13.1 Å². The van der Waals surface area contributed by atoms with Crippen molar-refractivity contribution >= 4 is 11.9 Å². The first-order chi connectivity index (χ1) is 6.97. The minimum atomic E-state index is -0.897. The topological polar surface area (TPSA) is 66.8 Å². The average Bonchev–Trinajstić information content (AvgIpc) is 2.15. The second-order valence-electron chi connectivity index (χ2n) is 3.48. The number of carbonyl (C=O) groups excluding carboxylic acids is 1. The van der Waals surface area contributed by atoms with Crippen LogP contribution in [0.25, 0.3) is 0 Å². The van der Waals surface area contributed by atoms with E-state index in [2.05, 4.69) is 0 Å². The quantitative estimate of drug-likeness (QED) is 0.682. The summed E-state index contributed by atoms with van der Waals surface area (Å²) in [5.74, 6) is -1.06. The highest BCUT2D eigenvalue weighted by atomic mass is 16.5. The maximum atomic E-state index is 11.5. The molecule has 88 valence electrons. The van der Waals surface area contributed by atoms with Crippen molar-refractivity contribution in [3.63, 3.8) is 0 Å². The Hall–Kier alpha value is -1.10. The van der Waals surface area contributed by atoms with Crippen LogP contribution < -0.4 is 0 Å². The normalized spacial score (nSPS) is 10.4. The molecule has 0 aliphatic carbocycles. The van der Waals surface area contributed by atoms with Crippen LogP contribution in [0.4, 0.5) is 0 Å². The lowest BCUT2D eigenvalue weighted by molar-refractivity contribution is -0.140. The van der Waals surface area contributed by atoms with Gasteiger partial charge in [0.15, 0.2) is 0 Å². The molecule has 0 saturated heterocycles. The van der Waals surface area contributed by atoms with Gasteiger partial charge in [-0.1, -0.05) is 0 Å². The molecule has 0 aromatic carbocycles. The third kappa shape index (κ3) is 6.90. The van der Waals surface area contributed by atoms with Crippen LogP contribution in [0.2, 0.25) is 0 Å². The van der Waals surface area contributed by atoms with E-state index in [0.29, 0.717) is 6.54 Å². The molecule has 0 radical (unpaired) electrons. The highest BCUT2D eigenvalue weighted by Gasteiger charge is 2.13. The molecular weight excluding hydrogens is 198 g/mol. The molecular formula is C10H19NO4. The highest BCUT2D eigenvalue weighted by molar-refractivity contribution is 5.78. The zero-order valence-electron chi connectivity index (χ0n) is 9.52. The van der Waals surface area contributed by atoms with Gasteiger partial charge in [-0.3, -0.25) is 9.59 Å². The number of carboxylic acids is 1. The molecule has 15 heavy (non-hydrogen) atoms. The molecule has 0 aliphatic rings. The number of hydrogen-bond donors (Lipinski definition) is 1. The summed E-state index contributed by atoms with van der Waals surface area (Å²) < 4.78 is 5.15. The van der Waals surface area contributed by atoms with Gasteiger partial charge in [-0.05, 0) is 20.8 Å². The summed E-state index contributed by atoms with van der Waals surface area (Å²) in [6.45, 7) is 6.28. The van der Waals surface area contributed by atoms with Gasteiger partial charge in [0.05, 0.1) is 12.5 Å². The Morgan fingerprint density at radius 2 is 2.00 bits per heavy atom. The fourth-order valence-corrected chi connectivity index (χ4v) is 1.02. The second kappa shape index (κ2) is 7.23. The van der Waals surface area contributed by atoms with Crippen molar-refractivity contribution in [3.8, 4) is 0 Å². The van der Waals surface area contributed by atoms with Crippen LogP contribution in [-0.2, 0) is 14.3 Å². The molecule has 1 N–H and O–H groups in total. The fourth-order valence-electron chi connectivity index (χ4n) is 1.02. The van der Waals surface area contributed by atoms with Crippen molar-refractivity contribution in [1.82, 2.24) is 4.90 Å². The summed E-state index contributed by atoms with van der Waals surface area (Å²) in [4.78, 5) is 23.3. The SMILES string of the molecule is CCN(CCC(=O)O)C(=O)COC(C)C. The first-order valence-corrected chi connectivity index (χ1v) is 5.08. The fraction of sp³-hybridized carbons (Fsp3) is 0.800. The van der Waals surface area contributed by atoms with E-state index in [1.165, 1.54) is 4.90 Å².